The van der Waals surface area contributed by atoms with Gasteiger partial charge >= 0.3 is 0 Å². The predicted molar refractivity (Wildman–Crippen MR) is 140 cm³/mol. The van der Waals surface area contributed by atoms with E-state index in [4.69, 9.17) is 0 Å². The van der Waals surface area contributed by atoms with E-state index in [1.807, 2.05) is 0 Å². The molecule has 0 unspecified atom stereocenters. The smallest absolute Gasteiger partial charge is 0.0622 e. The third-order valence-corrected chi connectivity index (χ3v) is 7.37. The Morgan fingerprint density at radius 2 is 0.636 bits per heavy atom. The van der Waals surface area contributed by atoms with Gasteiger partial charge in [-0.1, -0.05) is 132 Å². The van der Waals surface area contributed by atoms with Crippen LogP contribution in [0.5, 0.6) is 0 Å². The molecule has 0 heteroatoms. The van der Waals surface area contributed by atoms with Crippen molar-refractivity contribution in [3.63, 3.8) is 0 Å². The Labute approximate surface area is 196 Å². The summed E-state index contributed by atoms with van der Waals surface area (Å²) < 4.78 is 0. The van der Waals surface area contributed by atoms with E-state index in [1.54, 1.807) is 0 Å². The van der Waals surface area contributed by atoms with Crippen LogP contribution in [0.1, 0.15) is 36.1 Å². The lowest BCUT2D eigenvalue weighted by Crippen LogP contribution is -2.10. The van der Waals surface area contributed by atoms with Gasteiger partial charge < -0.3 is 0 Å². The van der Waals surface area contributed by atoms with Crippen molar-refractivity contribution in [2.75, 3.05) is 0 Å². The van der Waals surface area contributed by atoms with Crippen molar-refractivity contribution in [2.45, 2.75) is 13.8 Å². The van der Waals surface area contributed by atoms with Crippen molar-refractivity contribution in [3.8, 4) is 0 Å². The fourth-order valence-corrected chi connectivity index (χ4v) is 5.78. The average Bonchev–Trinajstić information content (AvgIpc) is 3.26. The first kappa shape index (κ1) is 19.8. The van der Waals surface area contributed by atoms with Crippen LogP contribution in [0.2, 0.25) is 0 Å². The monoisotopic (exact) mass is 422 g/mol. The number of rotatable bonds is 4. The summed E-state index contributed by atoms with van der Waals surface area (Å²) in [6.45, 7) is 4.63. The largest absolute Gasteiger partial charge is 0.0646 e. The summed E-state index contributed by atoms with van der Waals surface area (Å²) in [5, 5.41) is 0. The van der Waals surface area contributed by atoms with Crippen LogP contribution in [0, 0.1) is 5.41 Å². The Morgan fingerprint density at radius 3 is 0.909 bits per heavy atom. The summed E-state index contributed by atoms with van der Waals surface area (Å²) in [6, 6.07) is 43.8. The Kier molecular flexibility index (Phi) is 4.55. The third-order valence-electron chi connectivity index (χ3n) is 7.37. The number of hydrogen-bond acceptors (Lipinski definition) is 0. The van der Waals surface area contributed by atoms with Crippen molar-refractivity contribution >= 4 is 22.3 Å². The van der Waals surface area contributed by atoms with Crippen LogP contribution in [0.15, 0.2) is 132 Å². The molecule has 2 aliphatic carbocycles. The summed E-state index contributed by atoms with van der Waals surface area (Å²) in [7, 11) is 0. The fraction of sp³-hybridized carbons (Fsp3) is 0.0909. The van der Waals surface area contributed by atoms with Gasteiger partial charge in [-0.3, -0.25) is 0 Å². The van der Waals surface area contributed by atoms with Gasteiger partial charge in [0.15, 0.2) is 0 Å². The van der Waals surface area contributed by atoms with Crippen molar-refractivity contribution in [1.29, 1.82) is 0 Å². The van der Waals surface area contributed by atoms with E-state index in [2.05, 4.69) is 135 Å². The summed E-state index contributed by atoms with van der Waals surface area (Å²) in [4.78, 5) is 0. The second-order valence-corrected chi connectivity index (χ2v) is 8.96. The molecule has 0 fully saturated rings. The van der Waals surface area contributed by atoms with Crippen LogP contribution in [0.3, 0.4) is 0 Å². The average molecular weight is 423 g/mol. The van der Waals surface area contributed by atoms with Crippen LogP contribution >= 0.6 is 0 Å². The van der Waals surface area contributed by atoms with Gasteiger partial charge in [0.25, 0.3) is 0 Å². The summed E-state index contributed by atoms with van der Waals surface area (Å²) in [6.07, 6.45) is 0. The van der Waals surface area contributed by atoms with Crippen LogP contribution < -0.4 is 0 Å². The highest BCUT2D eigenvalue weighted by Crippen LogP contribution is 2.74. The van der Waals surface area contributed by atoms with E-state index in [9.17, 15) is 0 Å². The highest BCUT2D eigenvalue weighted by Gasteiger charge is 2.59. The molecule has 0 saturated heterocycles. The van der Waals surface area contributed by atoms with Gasteiger partial charge in [-0.15, -0.1) is 0 Å². The van der Waals surface area contributed by atoms with Crippen LogP contribution in [0.25, 0.3) is 22.3 Å². The Hall–Kier alpha value is -3.90. The third kappa shape index (κ3) is 2.84. The molecule has 0 saturated carbocycles. The SMILES string of the molecule is CC1=C(C)C12C(c1ccccc1)=C(c1ccccc1)C(c1ccccc1)=C2c1ccccc1. The molecular formula is C33H26. The fourth-order valence-electron chi connectivity index (χ4n) is 5.78. The first-order valence-electron chi connectivity index (χ1n) is 11.6. The maximum absolute atomic E-state index is 2.32. The molecule has 0 atom stereocenters. The number of benzene rings is 4. The summed E-state index contributed by atoms with van der Waals surface area (Å²) >= 11 is 0. The quantitative estimate of drug-likeness (QED) is 0.289. The first-order chi connectivity index (χ1) is 16.2. The van der Waals surface area contributed by atoms with E-state index < -0.39 is 0 Å². The molecule has 4 aromatic rings. The topological polar surface area (TPSA) is 0 Å². The normalized spacial score (nSPS) is 16.7. The van der Waals surface area contributed by atoms with E-state index in [-0.39, 0.29) is 5.41 Å². The van der Waals surface area contributed by atoms with Gasteiger partial charge in [-0.2, -0.15) is 0 Å². The predicted octanol–water partition coefficient (Wildman–Crippen LogP) is 8.56. The summed E-state index contributed by atoms with van der Waals surface area (Å²) in [5.41, 5.74) is 13.5. The molecule has 33 heavy (non-hydrogen) atoms. The van der Waals surface area contributed by atoms with Gasteiger partial charge in [-0.25, -0.2) is 0 Å². The van der Waals surface area contributed by atoms with E-state index in [0.717, 1.165) is 0 Å². The van der Waals surface area contributed by atoms with Gasteiger partial charge in [0, 0.05) is 0 Å². The lowest BCUT2D eigenvalue weighted by atomic mass is 9.77. The molecule has 0 bridgehead atoms. The number of hydrogen-bond donors (Lipinski definition) is 0. The standard InChI is InChI=1S/C33H26/c1-23-24(2)33(23)31(27-19-11-5-12-20-27)29(25-15-7-3-8-16-25)30(26-17-9-4-10-18-26)32(33)28-21-13-6-14-22-28/h3-22H,1-2H3. The molecule has 0 amide bonds. The van der Waals surface area contributed by atoms with E-state index in [1.165, 1.54) is 55.7 Å². The molecule has 0 aliphatic heterocycles. The second-order valence-electron chi connectivity index (χ2n) is 8.96. The Morgan fingerprint density at radius 1 is 0.364 bits per heavy atom. The van der Waals surface area contributed by atoms with Crippen LogP contribution in [-0.4, -0.2) is 0 Å². The molecule has 0 nitrogen and oxygen atoms in total. The molecule has 0 N–H and O–H groups in total. The molecular weight excluding hydrogens is 396 g/mol. The van der Waals surface area contributed by atoms with Gasteiger partial charge in [0.2, 0.25) is 0 Å². The maximum atomic E-state index is 2.32. The highest BCUT2D eigenvalue weighted by molar-refractivity contribution is 6.33. The summed E-state index contributed by atoms with van der Waals surface area (Å²) in [5.74, 6) is 0. The zero-order valence-electron chi connectivity index (χ0n) is 19.0. The lowest BCUT2D eigenvalue weighted by molar-refractivity contribution is 0.940. The van der Waals surface area contributed by atoms with Crippen molar-refractivity contribution in [2.24, 2.45) is 5.41 Å². The van der Waals surface area contributed by atoms with Crippen molar-refractivity contribution in [1.82, 2.24) is 0 Å². The maximum Gasteiger partial charge on any atom is 0.0646 e. The van der Waals surface area contributed by atoms with Gasteiger partial charge in [-0.05, 0) is 58.4 Å². The minimum absolute atomic E-state index is 0.154. The van der Waals surface area contributed by atoms with E-state index in [0.29, 0.717) is 0 Å². The molecule has 2 aliphatic rings. The molecule has 4 aromatic carbocycles. The van der Waals surface area contributed by atoms with Crippen LogP contribution in [-0.2, 0) is 0 Å². The molecule has 6 rings (SSSR count). The molecule has 0 heterocycles. The highest BCUT2D eigenvalue weighted by atomic mass is 14.6. The zero-order valence-corrected chi connectivity index (χ0v) is 19.0. The molecule has 0 aromatic heterocycles. The molecule has 0 radical (unpaired) electrons. The minimum Gasteiger partial charge on any atom is -0.0622 e. The van der Waals surface area contributed by atoms with Crippen molar-refractivity contribution in [3.05, 3.63) is 155 Å². The van der Waals surface area contributed by atoms with E-state index >= 15 is 0 Å². The lowest BCUT2D eigenvalue weighted by Gasteiger charge is -2.24. The van der Waals surface area contributed by atoms with Crippen LogP contribution in [0.4, 0.5) is 0 Å². The zero-order chi connectivity index (χ0) is 22.4. The molecule has 1 spiro atoms. The van der Waals surface area contributed by atoms with Crippen molar-refractivity contribution < 1.29 is 0 Å². The molecule has 158 valence electrons. The minimum atomic E-state index is -0.154. The number of allylic oxidation sites excluding steroid dienone is 6. The second kappa shape index (κ2) is 7.60. The Balaban J connectivity index is 1.78. The van der Waals surface area contributed by atoms with Gasteiger partial charge in [0.05, 0.1) is 5.41 Å². The first-order valence-corrected chi connectivity index (χ1v) is 11.6. The Bertz CT molecular complexity index is 1300. The van der Waals surface area contributed by atoms with Gasteiger partial charge in [0.1, 0.15) is 0 Å².